The van der Waals surface area contributed by atoms with Gasteiger partial charge in [0.2, 0.25) is 0 Å². The number of methoxy groups -OCH3 is 2. The van der Waals surface area contributed by atoms with Gasteiger partial charge in [-0.15, -0.1) is 0 Å². The Kier molecular flexibility index (Phi) is 17.8. The highest BCUT2D eigenvalue weighted by Crippen LogP contribution is 2.27. The van der Waals surface area contributed by atoms with Gasteiger partial charge in [0.1, 0.15) is 29.0 Å². The van der Waals surface area contributed by atoms with Crippen molar-refractivity contribution in [3.05, 3.63) is 244 Å². The molecule has 69 heavy (non-hydrogen) atoms. The molecule has 0 unspecified atom stereocenters. The van der Waals surface area contributed by atoms with Crippen LogP contribution in [0.2, 0.25) is 0 Å². The van der Waals surface area contributed by atoms with Gasteiger partial charge < -0.3 is 30.5 Å². The number of rotatable bonds is 14. The number of carboxylic acid groups (broad SMARTS) is 1. The first kappa shape index (κ1) is 49.7. The molecule has 0 aliphatic carbocycles. The lowest BCUT2D eigenvalue weighted by atomic mass is 10.1. The van der Waals surface area contributed by atoms with Gasteiger partial charge in [0.25, 0.3) is 0 Å². The van der Waals surface area contributed by atoms with E-state index in [9.17, 15) is 23.1 Å². The second-order valence-corrected chi connectivity index (χ2v) is 15.6. The fourth-order valence-electron chi connectivity index (χ4n) is 6.68. The lowest BCUT2D eigenvalue weighted by molar-refractivity contribution is 0.0698. The summed E-state index contributed by atoms with van der Waals surface area (Å²) in [6.07, 6.45) is 9.71. The lowest BCUT2D eigenvalue weighted by Crippen LogP contribution is -2.03. The third-order valence-corrected chi connectivity index (χ3v) is 10.5. The molecular formula is C59H52F3N3O4. The maximum absolute atomic E-state index is 13.1. The number of nitrogens with one attached hydrogen (secondary N) is 3. The summed E-state index contributed by atoms with van der Waals surface area (Å²) in [6.45, 7) is 7.81. The fraction of sp³-hybridized carbons (Fsp3) is 0.0678. The van der Waals surface area contributed by atoms with Crippen LogP contribution in [-0.2, 0) is 0 Å². The fourth-order valence-corrected chi connectivity index (χ4v) is 6.68. The monoisotopic (exact) mass is 923 g/mol. The van der Waals surface area contributed by atoms with E-state index in [1.54, 1.807) is 74.9 Å². The molecule has 0 aromatic heterocycles. The first-order valence-electron chi connectivity index (χ1n) is 21.8. The Morgan fingerprint density at radius 1 is 0.464 bits per heavy atom. The molecular weight excluding hydrogens is 872 g/mol. The average molecular weight is 924 g/mol. The van der Waals surface area contributed by atoms with Gasteiger partial charge in [0.15, 0.2) is 0 Å². The molecule has 0 atom stereocenters. The van der Waals surface area contributed by atoms with E-state index < -0.39 is 5.97 Å². The molecule has 0 spiro atoms. The van der Waals surface area contributed by atoms with Crippen molar-refractivity contribution in [3.63, 3.8) is 0 Å². The molecule has 8 aromatic carbocycles. The van der Waals surface area contributed by atoms with E-state index in [-0.39, 0.29) is 23.0 Å². The van der Waals surface area contributed by atoms with E-state index in [0.29, 0.717) is 11.4 Å². The van der Waals surface area contributed by atoms with E-state index in [0.717, 1.165) is 73.2 Å². The topological polar surface area (TPSA) is 91.9 Å². The zero-order valence-corrected chi connectivity index (χ0v) is 38.6. The van der Waals surface area contributed by atoms with Crippen molar-refractivity contribution < 1.29 is 32.5 Å². The van der Waals surface area contributed by atoms with Crippen LogP contribution in [0.25, 0.3) is 30.4 Å². The number of carbonyl (C=O) groups is 1. The van der Waals surface area contributed by atoms with Gasteiger partial charge >= 0.3 is 5.97 Å². The van der Waals surface area contributed by atoms with Crippen LogP contribution in [0.1, 0.15) is 49.3 Å². The molecule has 0 bridgehead atoms. The first-order chi connectivity index (χ1) is 33.4. The zero-order chi connectivity index (χ0) is 49.1. The quantitative estimate of drug-likeness (QED) is 0.0808. The van der Waals surface area contributed by atoms with Gasteiger partial charge in [-0.25, -0.2) is 18.0 Å². The van der Waals surface area contributed by atoms with Crippen LogP contribution in [0, 0.1) is 31.3 Å². The van der Waals surface area contributed by atoms with Crippen LogP contribution >= 0.6 is 0 Å². The Labute approximate surface area is 401 Å². The molecule has 0 amide bonds. The van der Waals surface area contributed by atoms with Crippen molar-refractivity contribution in [2.45, 2.75) is 13.8 Å². The Morgan fingerprint density at radius 3 is 1.20 bits per heavy atom. The van der Waals surface area contributed by atoms with Crippen molar-refractivity contribution in [2.75, 3.05) is 30.2 Å². The molecule has 8 rings (SSSR count). The predicted molar refractivity (Wildman–Crippen MR) is 279 cm³/mol. The smallest absolute Gasteiger partial charge is 0.337 e. The number of hydrogen-bond donors (Lipinski definition) is 4. The maximum Gasteiger partial charge on any atom is 0.337 e. The Morgan fingerprint density at radius 2 is 0.812 bits per heavy atom. The summed E-state index contributed by atoms with van der Waals surface area (Å²) in [6, 6.07) is 51.2. The number of anilines is 6. The van der Waals surface area contributed by atoms with Crippen molar-refractivity contribution in [1.82, 2.24) is 0 Å². The van der Waals surface area contributed by atoms with Crippen molar-refractivity contribution >= 4 is 70.5 Å². The van der Waals surface area contributed by atoms with Gasteiger partial charge in [-0.1, -0.05) is 91.6 Å². The molecule has 0 saturated heterocycles. The molecule has 0 radical (unpaired) electrons. The van der Waals surface area contributed by atoms with Crippen molar-refractivity contribution in [1.29, 1.82) is 0 Å². The SMILES string of the molecule is C=Cc1ccc(C)c(Nc2ccc(F)cc2)c1.COc1cccc(/C=C/c2ccc(C(=O)O)c(Nc3ccc(F)cc3)c2)c1.COc1cccc(/C=C/c2ccc(C)c(Nc3ccc(F)cc3)c2)c1. The summed E-state index contributed by atoms with van der Waals surface area (Å²) >= 11 is 0. The minimum Gasteiger partial charge on any atom is -0.497 e. The van der Waals surface area contributed by atoms with Crippen LogP contribution in [0.5, 0.6) is 11.5 Å². The number of aryl methyl sites for hydroxylation is 2. The highest BCUT2D eigenvalue weighted by molar-refractivity contribution is 5.96. The summed E-state index contributed by atoms with van der Waals surface area (Å²) < 4.78 is 49.3. The molecule has 0 heterocycles. The number of carboxylic acids is 1. The highest BCUT2D eigenvalue weighted by Gasteiger charge is 2.11. The predicted octanol–water partition coefficient (Wildman–Crippen LogP) is 16.0. The summed E-state index contributed by atoms with van der Waals surface area (Å²) in [7, 11) is 3.27. The van der Waals surface area contributed by atoms with Crippen LogP contribution in [-0.4, -0.2) is 25.3 Å². The first-order valence-corrected chi connectivity index (χ1v) is 21.8. The largest absolute Gasteiger partial charge is 0.497 e. The van der Waals surface area contributed by atoms with Crippen molar-refractivity contribution in [2.24, 2.45) is 0 Å². The minimum atomic E-state index is -1.04. The zero-order valence-electron chi connectivity index (χ0n) is 38.6. The van der Waals surface area contributed by atoms with Gasteiger partial charge in [0.05, 0.1) is 25.5 Å². The lowest BCUT2D eigenvalue weighted by Gasteiger charge is -2.11. The molecule has 8 aromatic rings. The Bertz CT molecular complexity index is 3040. The molecule has 0 aliphatic rings. The molecule has 0 fully saturated rings. The average Bonchev–Trinajstić information content (AvgIpc) is 3.36. The number of hydrogen-bond acceptors (Lipinski definition) is 6. The number of aromatic carboxylic acids is 1. The molecule has 7 nitrogen and oxygen atoms in total. The van der Waals surface area contributed by atoms with E-state index in [4.69, 9.17) is 9.47 Å². The van der Waals surface area contributed by atoms with Gasteiger partial charge in [-0.05, 0) is 174 Å². The van der Waals surface area contributed by atoms with Crippen LogP contribution in [0.15, 0.2) is 183 Å². The van der Waals surface area contributed by atoms with E-state index in [2.05, 4.69) is 52.9 Å². The third kappa shape index (κ3) is 15.4. The Hall–Kier alpha value is -8.76. The van der Waals surface area contributed by atoms with Crippen molar-refractivity contribution in [3.8, 4) is 11.5 Å². The van der Waals surface area contributed by atoms with Gasteiger partial charge in [0, 0.05) is 28.4 Å². The van der Waals surface area contributed by atoms with E-state index in [1.807, 2.05) is 92.7 Å². The molecule has 0 aliphatic heterocycles. The summed E-state index contributed by atoms with van der Waals surface area (Å²) in [4.78, 5) is 11.5. The summed E-state index contributed by atoms with van der Waals surface area (Å²) in [5.41, 5.74) is 12.2. The van der Waals surface area contributed by atoms with Gasteiger partial charge in [-0.2, -0.15) is 0 Å². The van der Waals surface area contributed by atoms with Gasteiger partial charge in [-0.3, -0.25) is 0 Å². The number of ether oxygens (including phenoxy) is 2. The summed E-state index contributed by atoms with van der Waals surface area (Å²) in [5, 5.41) is 19.0. The van der Waals surface area contributed by atoms with Crippen LogP contribution < -0.4 is 25.4 Å². The highest BCUT2D eigenvalue weighted by atomic mass is 19.1. The molecule has 10 heteroatoms. The third-order valence-electron chi connectivity index (χ3n) is 10.5. The van der Waals surface area contributed by atoms with Crippen LogP contribution in [0.3, 0.4) is 0 Å². The second kappa shape index (κ2) is 24.7. The maximum atomic E-state index is 13.1. The molecule has 0 saturated carbocycles. The Balaban J connectivity index is 0.000000174. The van der Waals surface area contributed by atoms with Crippen LogP contribution in [0.4, 0.5) is 47.3 Å². The molecule has 348 valence electrons. The standard InChI is InChI=1S/C22H18FNO3.C22H20FNO.C15H14FN/c1-27-19-4-2-3-15(13-19)5-6-16-7-12-20(22(25)26)21(14-16)24-18-10-8-17(23)9-11-18;1-16-6-7-18(9-8-17-4-3-5-21(14-17)25-2)15-22(16)24-20-12-10-19(23)11-13-20;1-3-12-5-4-11(2)15(10-12)17-14-8-6-13(16)7-9-14/h2-14,24H,1H3,(H,25,26);3-15,24H,1-2H3;3-10,17H,1H2,2H3/b6-5+;9-8+;. The molecule has 4 N–H and O–H groups in total. The summed E-state index contributed by atoms with van der Waals surface area (Å²) in [5.74, 6) is -0.261. The normalized spacial score (nSPS) is 10.6. The van der Waals surface area contributed by atoms with E-state index >= 15 is 0 Å². The number of benzene rings is 8. The second-order valence-electron chi connectivity index (χ2n) is 15.6. The number of halogens is 3. The van der Waals surface area contributed by atoms with E-state index in [1.165, 1.54) is 36.4 Å². The minimum absolute atomic E-state index is 0.137.